The second kappa shape index (κ2) is 10.5. The van der Waals surface area contributed by atoms with Crippen molar-refractivity contribution >= 4 is 23.3 Å². The molecule has 0 radical (unpaired) electrons. The molecule has 0 aromatic carbocycles. The molecule has 34 heavy (non-hydrogen) atoms. The van der Waals surface area contributed by atoms with Gasteiger partial charge < -0.3 is 15.4 Å². The Kier molecular flexibility index (Phi) is 7.70. The molecule has 186 valence electrons. The molecule has 2 N–H and O–H groups in total. The van der Waals surface area contributed by atoms with Gasteiger partial charge in [0.05, 0.1) is 23.4 Å². The highest BCUT2D eigenvalue weighted by atomic mass is 35.5. The summed E-state index contributed by atoms with van der Waals surface area (Å²) in [7, 11) is 1.63. The molecule has 8 heteroatoms. The van der Waals surface area contributed by atoms with Crippen molar-refractivity contribution in [3.63, 3.8) is 0 Å². The highest BCUT2D eigenvalue weighted by molar-refractivity contribution is 6.36. The minimum Gasteiger partial charge on any atom is -0.496 e. The van der Waals surface area contributed by atoms with Crippen LogP contribution in [0, 0.1) is 17.3 Å². The van der Waals surface area contributed by atoms with Crippen molar-refractivity contribution in [2.24, 2.45) is 17.3 Å². The molecule has 2 aromatic rings. The van der Waals surface area contributed by atoms with Crippen molar-refractivity contribution < 1.29 is 9.53 Å². The van der Waals surface area contributed by atoms with Crippen molar-refractivity contribution in [2.45, 2.75) is 72.3 Å². The molecular formula is C26H38ClN5O2. The van der Waals surface area contributed by atoms with E-state index in [0.29, 0.717) is 40.9 Å². The second-order valence-corrected chi connectivity index (χ2v) is 10.8. The number of anilines is 1. The van der Waals surface area contributed by atoms with Gasteiger partial charge in [0.1, 0.15) is 11.6 Å². The zero-order chi connectivity index (χ0) is 24.3. The van der Waals surface area contributed by atoms with Gasteiger partial charge in [0, 0.05) is 31.9 Å². The first-order valence-electron chi connectivity index (χ1n) is 12.7. The second-order valence-electron chi connectivity index (χ2n) is 10.5. The number of halogens is 1. The fraction of sp³-hybridized carbons (Fsp3) is 0.654. The van der Waals surface area contributed by atoms with Gasteiger partial charge in [0.15, 0.2) is 5.69 Å². The van der Waals surface area contributed by atoms with E-state index in [-0.39, 0.29) is 11.6 Å². The number of nitrogens with one attached hydrogen (secondary N) is 2. The molecule has 2 fully saturated rings. The number of carbonyl (C=O) groups is 1. The number of ether oxygens (including phenoxy) is 1. The first-order chi connectivity index (χ1) is 16.3. The Morgan fingerprint density at radius 3 is 2.65 bits per heavy atom. The molecule has 0 bridgehead atoms. The minimum absolute atomic E-state index is 0.226. The van der Waals surface area contributed by atoms with E-state index in [9.17, 15) is 4.79 Å². The summed E-state index contributed by atoms with van der Waals surface area (Å²) in [4.78, 5) is 17.6. The fourth-order valence-corrected chi connectivity index (χ4v) is 5.39. The van der Waals surface area contributed by atoms with Crippen LogP contribution in [0.5, 0.6) is 5.75 Å². The van der Waals surface area contributed by atoms with E-state index in [1.807, 2.05) is 13.0 Å². The Bertz CT molecular complexity index is 1010. The lowest BCUT2D eigenvalue weighted by Gasteiger charge is -2.38. The highest BCUT2D eigenvalue weighted by Gasteiger charge is 2.31. The van der Waals surface area contributed by atoms with E-state index in [4.69, 9.17) is 16.3 Å². The fourth-order valence-electron chi connectivity index (χ4n) is 5.07. The van der Waals surface area contributed by atoms with Crippen molar-refractivity contribution in [2.75, 3.05) is 25.5 Å². The zero-order valence-corrected chi connectivity index (χ0v) is 21.7. The molecule has 0 spiro atoms. The van der Waals surface area contributed by atoms with E-state index in [0.717, 1.165) is 36.7 Å². The summed E-state index contributed by atoms with van der Waals surface area (Å²) in [5.74, 6) is 2.51. The molecule has 2 saturated carbocycles. The maximum absolute atomic E-state index is 13.0. The Hall–Kier alpha value is -2.28. The van der Waals surface area contributed by atoms with E-state index in [1.165, 1.54) is 32.1 Å². The van der Waals surface area contributed by atoms with Crippen LogP contribution in [-0.4, -0.2) is 40.9 Å². The number of amides is 1. The lowest BCUT2D eigenvalue weighted by Crippen LogP contribution is -2.33. The molecule has 2 aromatic heterocycles. The lowest BCUT2D eigenvalue weighted by molar-refractivity contribution is 0.0936. The van der Waals surface area contributed by atoms with Crippen molar-refractivity contribution in [3.8, 4) is 17.0 Å². The molecule has 2 aliphatic carbocycles. The smallest absolute Gasteiger partial charge is 0.273 e. The number of rotatable bonds is 9. The molecule has 1 amide bonds. The minimum atomic E-state index is -0.226. The van der Waals surface area contributed by atoms with Crippen molar-refractivity contribution in [1.82, 2.24) is 20.1 Å². The third-order valence-corrected chi connectivity index (χ3v) is 8.05. The van der Waals surface area contributed by atoms with Crippen LogP contribution in [0.15, 0.2) is 12.3 Å². The highest BCUT2D eigenvalue weighted by Crippen LogP contribution is 2.41. The van der Waals surface area contributed by atoms with Gasteiger partial charge in [-0.1, -0.05) is 44.7 Å². The predicted octanol–water partition coefficient (Wildman–Crippen LogP) is 5.79. The average Bonchev–Trinajstić information content (AvgIpc) is 3.16. The van der Waals surface area contributed by atoms with Gasteiger partial charge >= 0.3 is 0 Å². The maximum Gasteiger partial charge on any atom is 0.273 e. The van der Waals surface area contributed by atoms with Gasteiger partial charge in [-0.2, -0.15) is 5.10 Å². The summed E-state index contributed by atoms with van der Waals surface area (Å²) in [5, 5.41) is 11.4. The van der Waals surface area contributed by atoms with Gasteiger partial charge in [0.2, 0.25) is 0 Å². The number of carbonyl (C=O) groups excluding carboxylic acids is 1. The third-order valence-electron chi connectivity index (χ3n) is 7.69. The SMILES string of the molecule is CCn1nc(C(=O)NCC2CCC(C)CC2)c(Cl)c1-c1cnc(NCC2(C)CCC2)cc1OC. The Morgan fingerprint density at radius 2 is 2.03 bits per heavy atom. The van der Waals surface area contributed by atoms with Crippen LogP contribution in [0.25, 0.3) is 11.3 Å². The van der Waals surface area contributed by atoms with Crippen molar-refractivity contribution in [1.29, 1.82) is 0 Å². The largest absolute Gasteiger partial charge is 0.496 e. The monoisotopic (exact) mass is 487 g/mol. The normalized spacial score (nSPS) is 21.6. The standard InChI is InChI=1S/C26H38ClN5O2/c1-5-32-24(19-15-28-21(13-20(19)34-4)30-16-26(3)11-6-12-26)22(27)23(31-32)25(33)29-14-18-9-7-17(2)8-10-18/h13,15,17-18H,5-12,14,16H2,1-4H3,(H,28,30)(H,29,33). The first kappa shape index (κ1) is 24.8. The quantitative estimate of drug-likeness (QED) is 0.468. The number of aryl methyl sites for hydroxylation is 1. The number of methoxy groups -OCH3 is 1. The van der Waals surface area contributed by atoms with Gasteiger partial charge in [-0.3, -0.25) is 9.48 Å². The topological polar surface area (TPSA) is 81.1 Å². The number of aromatic nitrogens is 3. The van der Waals surface area contributed by atoms with Gasteiger partial charge in [0.25, 0.3) is 5.91 Å². The van der Waals surface area contributed by atoms with Crippen LogP contribution in [0.4, 0.5) is 5.82 Å². The van der Waals surface area contributed by atoms with Crippen LogP contribution >= 0.6 is 11.6 Å². The van der Waals surface area contributed by atoms with E-state index in [2.05, 4.69) is 34.6 Å². The number of pyridine rings is 1. The van der Waals surface area contributed by atoms with Crippen LogP contribution in [-0.2, 0) is 6.54 Å². The average molecular weight is 488 g/mol. The molecule has 4 rings (SSSR count). The predicted molar refractivity (Wildman–Crippen MR) is 137 cm³/mol. The summed E-state index contributed by atoms with van der Waals surface area (Å²) >= 11 is 6.75. The molecular weight excluding hydrogens is 450 g/mol. The van der Waals surface area contributed by atoms with Crippen LogP contribution in [0.2, 0.25) is 5.02 Å². The molecule has 0 atom stereocenters. The molecule has 7 nitrogen and oxygen atoms in total. The van der Waals surface area contributed by atoms with E-state index < -0.39 is 0 Å². The van der Waals surface area contributed by atoms with Gasteiger partial charge in [-0.25, -0.2) is 4.98 Å². The van der Waals surface area contributed by atoms with Crippen molar-refractivity contribution in [3.05, 3.63) is 23.0 Å². The van der Waals surface area contributed by atoms with Crippen LogP contribution in [0.1, 0.15) is 76.2 Å². The number of nitrogens with zero attached hydrogens (tertiary/aromatic N) is 3. The number of hydrogen-bond donors (Lipinski definition) is 2. The summed E-state index contributed by atoms with van der Waals surface area (Å²) < 4.78 is 7.44. The Labute approximate surface area is 208 Å². The zero-order valence-electron chi connectivity index (χ0n) is 20.9. The van der Waals surface area contributed by atoms with E-state index >= 15 is 0 Å². The van der Waals surface area contributed by atoms with Crippen LogP contribution in [0.3, 0.4) is 0 Å². The number of hydrogen-bond acceptors (Lipinski definition) is 5. The molecule has 0 saturated heterocycles. The molecule has 0 unspecified atom stereocenters. The summed E-state index contributed by atoms with van der Waals surface area (Å²) in [5.41, 5.74) is 1.98. The van der Waals surface area contributed by atoms with Gasteiger partial charge in [-0.05, 0) is 49.9 Å². The van der Waals surface area contributed by atoms with E-state index in [1.54, 1.807) is 18.0 Å². The molecule has 2 aliphatic rings. The molecule has 2 heterocycles. The lowest BCUT2D eigenvalue weighted by atomic mass is 9.70. The third kappa shape index (κ3) is 5.35. The molecule has 0 aliphatic heterocycles. The first-order valence-corrected chi connectivity index (χ1v) is 13.0. The Balaban J connectivity index is 1.51. The maximum atomic E-state index is 13.0. The summed E-state index contributed by atoms with van der Waals surface area (Å²) in [6, 6.07) is 1.89. The Morgan fingerprint density at radius 1 is 1.29 bits per heavy atom. The van der Waals surface area contributed by atoms with Gasteiger partial charge in [-0.15, -0.1) is 0 Å². The summed E-state index contributed by atoms with van der Waals surface area (Å²) in [6.45, 7) is 8.71. The van der Waals surface area contributed by atoms with Crippen LogP contribution < -0.4 is 15.4 Å². The summed E-state index contributed by atoms with van der Waals surface area (Å²) in [6.07, 6.45) is 10.3.